The standard InChI is InChI=1S/C23H20BrN3O/c1-16(17-7-3-2-4-8-17)25-22(28)15-27-21-10-6-5-9-20(21)26-23(27)18-11-13-19(24)14-12-18/h2-14,16H,15H2,1H3,(H,25,28). The van der Waals surface area contributed by atoms with Crippen LogP contribution < -0.4 is 5.32 Å². The number of fused-ring (bicyclic) bond motifs is 1. The lowest BCUT2D eigenvalue weighted by molar-refractivity contribution is -0.122. The van der Waals surface area contributed by atoms with Crippen molar-refractivity contribution >= 4 is 32.9 Å². The van der Waals surface area contributed by atoms with Crippen molar-refractivity contribution in [2.45, 2.75) is 19.5 Å². The molecular formula is C23H20BrN3O. The van der Waals surface area contributed by atoms with Crippen LogP contribution in [0.4, 0.5) is 0 Å². The van der Waals surface area contributed by atoms with Crippen LogP contribution in [-0.4, -0.2) is 15.5 Å². The molecule has 4 nitrogen and oxygen atoms in total. The lowest BCUT2D eigenvalue weighted by Crippen LogP contribution is -2.30. The van der Waals surface area contributed by atoms with E-state index in [0.29, 0.717) is 0 Å². The van der Waals surface area contributed by atoms with E-state index in [2.05, 4.69) is 21.2 Å². The zero-order valence-corrected chi connectivity index (χ0v) is 17.1. The number of aromatic nitrogens is 2. The van der Waals surface area contributed by atoms with E-state index in [9.17, 15) is 4.79 Å². The highest BCUT2D eigenvalue weighted by Crippen LogP contribution is 2.26. The van der Waals surface area contributed by atoms with Crippen LogP contribution in [-0.2, 0) is 11.3 Å². The second-order valence-corrected chi connectivity index (χ2v) is 7.63. The number of hydrogen-bond acceptors (Lipinski definition) is 2. The predicted octanol–water partition coefficient (Wildman–Crippen LogP) is 5.34. The van der Waals surface area contributed by atoms with Gasteiger partial charge in [0, 0.05) is 10.0 Å². The van der Waals surface area contributed by atoms with Gasteiger partial charge in [0.05, 0.1) is 17.1 Å². The molecule has 1 heterocycles. The summed E-state index contributed by atoms with van der Waals surface area (Å²) in [5.74, 6) is 0.745. The monoisotopic (exact) mass is 433 g/mol. The Kier molecular flexibility index (Phi) is 5.26. The van der Waals surface area contributed by atoms with Crippen molar-refractivity contribution in [3.8, 4) is 11.4 Å². The normalized spacial score (nSPS) is 12.1. The largest absolute Gasteiger partial charge is 0.348 e. The van der Waals surface area contributed by atoms with E-state index in [1.54, 1.807) is 0 Å². The molecule has 140 valence electrons. The maximum absolute atomic E-state index is 12.8. The molecule has 0 fully saturated rings. The molecular weight excluding hydrogens is 414 g/mol. The van der Waals surface area contributed by atoms with Crippen molar-refractivity contribution in [2.24, 2.45) is 0 Å². The summed E-state index contributed by atoms with van der Waals surface area (Å²) < 4.78 is 2.99. The first-order chi connectivity index (χ1) is 13.6. The van der Waals surface area contributed by atoms with Crippen LogP contribution >= 0.6 is 15.9 Å². The minimum atomic E-state index is -0.0559. The van der Waals surface area contributed by atoms with Crippen LogP contribution in [0.3, 0.4) is 0 Å². The topological polar surface area (TPSA) is 46.9 Å². The first-order valence-corrected chi connectivity index (χ1v) is 9.96. The number of para-hydroxylation sites is 2. The van der Waals surface area contributed by atoms with Crippen LogP contribution in [0.25, 0.3) is 22.4 Å². The fourth-order valence-corrected chi connectivity index (χ4v) is 3.58. The number of nitrogens with one attached hydrogen (secondary N) is 1. The van der Waals surface area contributed by atoms with Gasteiger partial charge >= 0.3 is 0 Å². The molecule has 0 aliphatic carbocycles. The number of amides is 1. The molecule has 4 aromatic rings. The van der Waals surface area contributed by atoms with Crippen LogP contribution in [0.2, 0.25) is 0 Å². The third-order valence-electron chi connectivity index (χ3n) is 4.74. The van der Waals surface area contributed by atoms with Gasteiger partial charge in [0.2, 0.25) is 5.91 Å². The van der Waals surface area contributed by atoms with E-state index >= 15 is 0 Å². The van der Waals surface area contributed by atoms with Crippen LogP contribution in [0.15, 0.2) is 83.3 Å². The van der Waals surface area contributed by atoms with Gasteiger partial charge in [-0.15, -0.1) is 0 Å². The lowest BCUT2D eigenvalue weighted by Gasteiger charge is -2.16. The molecule has 0 aliphatic heterocycles. The van der Waals surface area contributed by atoms with Crippen molar-refractivity contribution < 1.29 is 4.79 Å². The molecule has 1 atom stereocenters. The summed E-state index contributed by atoms with van der Waals surface area (Å²) >= 11 is 3.47. The van der Waals surface area contributed by atoms with E-state index in [1.807, 2.05) is 90.4 Å². The van der Waals surface area contributed by atoms with Gasteiger partial charge in [-0.25, -0.2) is 4.98 Å². The first kappa shape index (κ1) is 18.4. The van der Waals surface area contributed by atoms with Crippen molar-refractivity contribution in [3.05, 3.63) is 88.9 Å². The SMILES string of the molecule is CC(NC(=O)Cn1c(-c2ccc(Br)cc2)nc2ccccc21)c1ccccc1. The van der Waals surface area contributed by atoms with Crippen molar-refractivity contribution in [3.63, 3.8) is 0 Å². The molecule has 4 rings (SSSR count). The third-order valence-corrected chi connectivity index (χ3v) is 5.26. The molecule has 0 saturated carbocycles. The highest BCUT2D eigenvalue weighted by molar-refractivity contribution is 9.10. The molecule has 0 spiro atoms. The molecule has 1 unspecified atom stereocenters. The predicted molar refractivity (Wildman–Crippen MR) is 116 cm³/mol. The summed E-state index contributed by atoms with van der Waals surface area (Å²) in [7, 11) is 0. The minimum Gasteiger partial charge on any atom is -0.348 e. The molecule has 0 saturated heterocycles. The Morgan fingerprint density at radius 3 is 2.43 bits per heavy atom. The van der Waals surface area contributed by atoms with Gasteiger partial charge < -0.3 is 9.88 Å². The number of carbonyl (C=O) groups is 1. The number of halogens is 1. The summed E-state index contributed by atoms with van der Waals surface area (Å²) in [6.07, 6.45) is 0. The van der Waals surface area contributed by atoms with Gasteiger partial charge in [0.15, 0.2) is 0 Å². The quantitative estimate of drug-likeness (QED) is 0.461. The molecule has 0 radical (unpaired) electrons. The highest BCUT2D eigenvalue weighted by Gasteiger charge is 2.16. The van der Waals surface area contributed by atoms with Crippen LogP contribution in [0, 0.1) is 0 Å². The smallest absolute Gasteiger partial charge is 0.240 e. The molecule has 3 aromatic carbocycles. The highest BCUT2D eigenvalue weighted by atomic mass is 79.9. The van der Waals surface area contributed by atoms with Crippen LogP contribution in [0.5, 0.6) is 0 Å². The average Bonchev–Trinajstić information content (AvgIpc) is 3.07. The number of benzene rings is 3. The van der Waals surface area contributed by atoms with Crippen molar-refractivity contribution in [2.75, 3.05) is 0 Å². The van der Waals surface area contributed by atoms with Gasteiger partial charge in [-0.1, -0.05) is 70.5 Å². The van der Waals surface area contributed by atoms with E-state index in [4.69, 9.17) is 4.98 Å². The Balaban J connectivity index is 1.64. The molecule has 1 aromatic heterocycles. The number of rotatable bonds is 5. The number of nitrogens with zero attached hydrogens (tertiary/aromatic N) is 2. The third kappa shape index (κ3) is 3.85. The first-order valence-electron chi connectivity index (χ1n) is 9.17. The Morgan fingerprint density at radius 2 is 1.68 bits per heavy atom. The minimum absolute atomic E-state index is 0.0436. The number of carbonyl (C=O) groups excluding carboxylic acids is 1. The Hall–Kier alpha value is -2.92. The number of hydrogen-bond donors (Lipinski definition) is 1. The Morgan fingerprint density at radius 1 is 1.00 bits per heavy atom. The van der Waals surface area contributed by atoms with E-state index in [-0.39, 0.29) is 18.5 Å². The lowest BCUT2D eigenvalue weighted by atomic mass is 10.1. The molecule has 0 aliphatic rings. The molecule has 1 amide bonds. The second kappa shape index (κ2) is 7.98. The molecule has 0 bridgehead atoms. The van der Waals surface area contributed by atoms with E-state index in [0.717, 1.165) is 32.5 Å². The van der Waals surface area contributed by atoms with E-state index in [1.165, 1.54) is 0 Å². The van der Waals surface area contributed by atoms with Crippen LogP contribution in [0.1, 0.15) is 18.5 Å². The Labute approximate surface area is 172 Å². The average molecular weight is 434 g/mol. The van der Waals surface area contributed by atoms with Crippen molar-refractivity contribution in [1.29, 1.82) is 0 Å². The molecule has 28 heavy (non-hydrogen) atoms. The fraction of sp³-hybridized carbons (Fsp3) is 0.130. The molecule has 5 heteroatoms. The zero-order chi connectivity index (χ0) is 19.5. The maximum atomic E-state index is 12.8. The van der Waals surface area contributed by atoms with Gasteiger partial charge in [-0.2, -0.15) is 0 Å². The zero-order valence-electron chi connectivity index (χ0n) is 15.5. The second-order valence-electron chi connectivity index (χ2n) is 6.72. The van der Waals surface area contributed by atoms with E-state index < -0.39 is 0 Å². The fourth-order valence-electron chi connectivity index (χ4n) is 3.31. The summed E-state index contributed by atoms with van der Waals surface area (Å²) in [5.41, 5.74) is 3.88. The van der Waals surface area contributed by atoms with Gasteiger partial charge in [-0.3, -0.25) is 4.79 Å². The van der Waals surface area contributed by atoms with Gasteiger partial charge in [0.25, 0.3) is 0 Å². The summed E-state index contributed by atoms with van der Waals surface area (Å²) in [5, 5.41) is 3.09. The van der Waals surface area contributed by atoms with Gasteiger partial charge in [-0.05, 0) is 36.8 Å². The van der Waals surface area contributed by atoms with Crippen molar-refractivity contribution in [1.82, 2.24) is 14.9 Å². The van der Waals surface area contributed by atoms with Gasteiger partial charge in [0.1, 0.15) is 12.4 Å². The maximum Gasteiger partial charge on any atom is 0.240 e. The molecule has 1 N–H and O–H groups in total. The number of imidazole rings is 1. The Bertz CT molecular complexity index is 1100. The summed E-state index contributed by atoms with van der Waals surface area (Å²) in [6, 6.07) is 25.8. The summed E-state index contributed by atoms with van der Waals surface area (Å²) in [4.78, 5) is 17.6. The summed E-state index contributed by atoms with van der Waals surface area (Å²) in [6.45, 7) is 2.21.